The van der Waals surface area contributed by atoms with Crippen molar-refractivity contribution in [2.45, 2.75) is 77.0 Å². The minimum atomic E-state index is 0.0383. The molecule has 0 amide bonds. The lowest BCUT2D eigenvalue weighted by Crippen LogP contribution is -2.44. The molecule has 3 heterocycles. The Balaban J connectivity index is 1.33. The van der Waals surface area contributed by atoms with Gasteiger partial charge in [-0.25, -0.2) is 0 Å². The standard InChI is InChI=1S/C30H43ClN6S/c1-22-9-7-15-36(19-22)26-18-27(37-16-8-10-23(2)20-37)34-28(33-26)35-29(38)32-21-30(13-4-3-5-14-30)24-11-6-12-25(31)17-24/h6,11-12,17-18,22-23H,3-5,7-10,13-16,19-21H2,1-2H3,(H2,32,33,34,35,38)/t22-,23+. The molecule has 1 aromatic heterocycles. The first-order valence-corrected chi connectivity index (χ1v) is 15.4. The highest BCUT2D eigenvalue weighted by molar-refractivity contribution is 7.80. The normalized spacial score (nSPS) is 23.7. The summed E-state index contributed by atoms with van der Waals surface area (Å²) >= 11 is 12.2. The minimum absolute atomic E-state index is 0.0383. The van der Waals surface area contributed by atoms with E-state index < -0.39 is 0 Å². The van der Waals surface area contributed by atoms with Gasteiger partial charge in [0, 0.05) is 49.2 Å². The molecule has 3 aliphatic rings. The molecule has 2 saturated heterocycles. The second kappa shape index (κ2) is 12.4. The first-order chi connectivity index (χ1) is 18.4. The summed E-state index contributed by atoms with van der Waals surface area (Å²) in [5.74, 6) is 3.96. The Morgan fingerprint density at radius 1 is 0.947 bits per heavy atom. The monoisotopic (exact) mass is 554 g/mol. The third kappa shape index (κ3) is 6.71. The van der Waals surface area contributed by atoms with E-state index in [1.54, 1.807) is 0 Å². The number of hydrogen-bond donors (Lipinski definition) is 2. The Kier molecular flexibility index (Phi) is 8.94. The lowest BCUT2D eigenvalue weighted by molar-refractivity contribution is 0.292. The van der Waals surface area contributed by atoms with Crippen LogP contribution in [0.4, 0.5) is 17.6 Å². The van der Waals surface area contributed by atoms with Crippen molar-refractivity contribution in [1.82, 2.24) is 15.3 Å². The molecule has 1 aromatic carbocycles. The number of aromatic nitrogens is 2. The largest absolute Gasteiger partial charge is 0.361 e. The van der Waals surface area contributed by atoms with Gasteiger partial charge in [-0.2, -0.15) is 9.97 Å². The molecule has 2 atom stereocenters. The van der Waals surface area contributed by atoms with Crippen molar-refractivity contribution in [1.29, 1.82) is 0 Å². The number of thiocarbonyl (C=S) groups is 1. The molecule has 0 radical (unpaired) electrons. The van der Waals surface area contributed by atoms with Crippen molar-refractivity contribution >= 4 is 46.5 Å². The van der Waals surface area contributed by atoms with Crippen molar-refractivity contribution in [3.63, 3.8) is 0 Å². The van der Waals surface area contributed by atoms with Crippen LogP contribution in [-0.4, -0.2) is 47.8 Å². The van der Waals surface area contributed by atoms with Crippen molar-refractivity contribution < 1.29 is 0 Å². The lowest BCUT2D eigenvalue weighted by Gasteiger charge is -2.38. The second-order valence-corrected chi connectivity index (χ2v) is 12.8. The maximum absolute atomic E-state index is 6.39. The van der Waals surface area contributed by atoms with E-state index >= 15 is 0 Å². The van der Waals surface area contributed by atoms with E-state index in [-0.39, 0.29) is 5.41 Å². The summed E-state index contributed by atoms with van der Waals surface area (Å²) in [6.45, 7) is 9.61. The Morgan fingerprint density at radius 2 is 1.58 bits per heavy atom. The second-order valence-electron chi connectivity index (χ2n) is 12.0. The molecule has 6 nitrogen and oxygen atoms in total. The smallest absolute Gasteiger partial charge is 0.232 e. The fourth-order valence-electron chi connectivity index (χ4n) is 6.61. The third-order valence-electron chi connectivity index (χ3n) is 8.72. The molecular weight excluding hydrogens is 512 g/mol. The predicted molar refractivity (Wildman–Crippen MR) is 164 cm³/mol. The van der Waals surface area contributed by atoms with Crippen LogP contribution in [0.2, 0.25) is 5.02 Å². The van der Waals surface area contributed by atoms with E-state index in [1.807, 2.05) is 6.07 Å². The van der Waals surface area contributed by atoms with Crippen LogP contribution < -0.4 is 20.4 Å². The highest BCUT2D eigenvalue weighted by Crippen LogP contribution is 2.40. The van der Waals surface area contributed by atoms with Crippen LogP contribution in [0.15, 0.2) is 30.3 Å². The van der Waals surface area contributed by atoms with E-state index in [0.29, 0.717) is 22.9 Å². The van der Waals surface area contributed by atoms with Crippen LogP contribution in [0.1, 0.15) is 77.2 Å². The van der Waals surface area contributed by atoms with Gasteiger partial charge in [0.15, 0.2) is 5.11 Å². The van der Waals surface area contributed by atoms with Gasteiger partial charge >= 0.3 is 0 Å². The Bertz CT molecular complexity index is 1060. The SMILES string of the molecule is C[C@@H]1CCCN(c2cc(N3CCC[C@H](C)C3)nc(NC(=S)NCC3(c4cccc(Cl)c4)CCCCC3)n2)C1. The van der Waals surface area contributed by atoms with Gasteiger partial charge in [0.25, 0.3) is 0 Å². The van der Waals surface area contributed by atoms with E-state index in [9.17, 15) is 0 Å². The zero-order chi connectivity index (χ0) is 26.5. The molecule has 8 heteroatoms. The zero-order valence-corrected chi connectivity index (χ0v) is 24.6. The molecule has 38 heavy (non-hydrogen) atoms. The molecular formula is C30H43ClN6S. The average Bonchev–Trinajstić information content (AvgIpc) is 2.92. The Hall–Kier alpha value is -2.12. The Labute approximate surface area is 238 Å². The van der Waals surface area contributed by atoms with E-state index in [0.717, 1.165) is 62.2 Å². The number of rotatable bonds is 6. The summed E-state index contributed by atoms with van der Waals surface area (Å²) < 4.78 is 0. The van der Waals surface area contributed by atoms with Gasteiger partial charge in [-0.3, -0.25) is 0 Å². The zero-order valence-electron chi connectivity index (χ0n) is 23.0. The predicted octanol–water partition coefficient (Wildman–Crippen LogP) is 6.79. The third-order valence-corrected chi connectivity index (χ3v) is 9.20. The van der Waals surface area contributed by atoms with E-state index in [1.165, 1.54) is 50.5 Å². The molecule has 5 rings (SSSR count). The van der Waals surface area contributed by atoms with Crippen LogP contribution >= 0.6 is 23.8 Å². The molecule has 0 spiro atoms. The van der Waals surface area contributed by atoms with Gasteiger partial charge in [0.05, 0.1) is 0 Å². The molecule has 2 aliphatic heterocycles. The quantitative estimate of drug-likeness (QED) is 0.381. The van der Waals surface area contributed by atoms with Crippen LogP contribution in [0.25, 0.3) is 0 Å². The van der Waals surface area contributed by atoms with Gasteiger partial charge in [-0.15, -0.1) is 0 Å². The van der Waals surface area contributed by atoms with Gasteiger partial charge in [0.1, 0.15) is 11.6 Å². The lowest BCUT2D eigenvalue weighted by atomic mass is 9.69. The van der Waals surface area contributed by atoms with Crippen LogP contribution in [0.5, 0.6) is 0 Å². The number of hydrogen-bond acceptors (Lipinski definition) is 5. The van der Waals surface area contributed by atoms with Crippen molar-refractivity contribution in [3.8, 4) is 0 Å². The molecule has 2 aromatic rings. The molecule has 3 fully saturated rings. The maximum atomic E-state index is 6.39. The summed E-state index contributed by atoms with van der Waals surface area (Å²) in [5.41, 5.74) is 1.34. The number of nitrogens with zero attached hydrogens (tertiary/aromatic N) is 4. The van der Waals surface area contributed by atoms with Crippen LogP contribution in [0.3, 0.4) is 0 Å². The fourth-order valence-corrected chi connectivity index (χ4v) is 6.96. The van der Waals surface area contributed by atoms with Gasteiger partial charge in [-0.05, 0) is 80.3 Å². The summed E-state index contributed by atoms with van der Waals surface area (Å²) in [5, 5.41) is 8.28. The number of nitrogens with one attached hydrogen (secondary N) is 2. The van der Waals surface area contributed by atoms with E-state index in [4.69, 9.17) is 33.8 Å². The fraction of sp³-hybridized carbons (Fsp3) is 0.633. The summed E-state index contributed by atoms with van der Waals surface area (Å²) in [4.78, 5) is 14.8. The molecule has 0 bridgehead atoms. The van der Waals surface area contributed by atoms with E-state index in [2.05, 4.69) is 58.5 Å². The molecule has 0 unspecified atom stereocenters. The molecule has 206 valence electrons. The Morgan fingerprint density at radius 3 is 2.16 bits per heavy atom. The van der Waals surface area contributed by atoms with Crippen LogP contribution in [-0.2, 0) is 5.41 Å². The summed E-state index contributed by atoms with van der Waals surface area (Å²) in [6, 6.07) is 10.5. The number of benzene rings is 1. The highest BCUT2D eigenvalue weighted by Gasteiger charge is 2.34. The van der Waals surface area contributed by atoms with Crippen molar-refractivity contribution in [2.75, 3.05) is 47.8 Å². The highest BCUT2D eigenvalue weighted by atomic mass is 35.5. The summed E-state index contributed by atoms with van der Waals surface area (Å²) in [6.07, 6.45) is 11.0. The number of halogens is 1. The van der Waals surface area contributed by atoms with Gasteiger partial charge in [-0.1, -0.05) is 56.8 Å². The van der Waals surface area contributed by atoms with Crippen molar-refractivity contribution in [2.24, 2.45) is 11.8 Å². The number of anilines is 3. The molecule has 1 saturated carbocycles. The topological polar surface area (TPSA) is 56.3 Å². The average molecular weight is 555 g/mol. The first kappa shape index (κ1) is 27.4. The molecule has 1 aliphatic carbocycles. The van der Waals surface area contributed by atoms with Crippen molar-refractivity contribution in [3.05, 3.63) is 40.9 Å². The van der Waals surface area contributed by atoms with Gasteiger partial charge < -0.3 is 20.4 Å². The molecule has 2 N–H and O–H groups in total. The van der Waals surface area contributed by atoms with Crippen LogP contribution in [0, 0.1) is 11.8 Å². The van der Waals surface area contributed by atoms with Gasteiger partial charge in [0.2, 0.25) is 5.95 Å². The summed E-state index contributed by atoms with van der Waals surface area (Å²) in [7, 11) is 0. The number of piperidine rings is 2. The minimum Gasteiger partial charge on any atom is -0.361 e. The first-order valence-electron chi connectivity index (χ1n) is 14.6. The maximum Gasteiger partial charge on any atom is 0.232 e.